The monoisotopic (exact) mass is 398 g/mol. The van der Waals surface area contributed by atoms with Crippen LogP contribution in [-0.2, 0) is 0 Å². The van der Waals surface area contributed by atoms with Crippen LogP contribution < -0.4 is 10.6 Å². The third-order valence-electron chi connectivity index (χ3n) is 4.41. The van der Waals surface area contributed by atoms with Gasteiger partial charge < -0.3 is 15.7 Å². The number of carbonyl (C=O) groups is 3. The second-order valence-electron chi connectivity index (χ2n) is 6.50. The van der Waals surface area contributed by atoms with E-state index in [-0.39, 0.29) is 41.3 Å². The predicted molar refractivity (Wildman–Crippen MR) is 103 cm³/mol. The molecule has 0 fully saturated rings. The SMILES string of the molecule is Cc1ccc(NC(=O)NCCCN2C(=O)c3ccc([N+](=O)[O-])cc3C2=O)c(O)c1. The molecule has 2 aromatic rings. The number of phenolic OH excluding ortho intramolecular Hbond substituents is 1. The number of benzene rings is 2. The highest BCUT2D eigenvalue weighted by Crippen LogP contribution is 2.27. The number of aromatic hydroxyl groups is 1. The number of anilines is 1. The first-order chi connectivity index (χ1) is 13.8. The topological polar surface area (TPSA) is 142 Å². The lowest BCUT2D eigenvalue weighted by atomic mass is 10.1. The molecule has 3 N–H and O–H groups in total. The largest absolute Gasteiger partial charge is 0.506 e. The van der Waals surface area contributed by atoms with Crippen molar-refractivity contribution < 1.29 is 24.4 Å². The molecule has 29 heavy (non-hydrogen) atoms. The molecule has 10 nitrogen and oxygen atoms in total. The Bertz CT molecular complexity index is 1020. The summed E-state index contributed by atoms with van der Waals surface area (Å²) < 4.78 is 0. The Morgan fingerprint density at radius 1 is 1.14 bits per heavy atom. The van der Waals surface area contributed by atoms with E-state index in [1.165, 1.54) is 18.2 Å². The van der Waals surface area contributed by atoms with Crippen molar-refractivity contribution in [1.29, 1.82) is 0 Å². The number of nitro benzene ring substituents is 1. The number of phenols is 1. The van der Waals surface area contributed by atoms with Crippen molar-refractivity contribution in [2.75, 3.05) is 18.4 Å². The Balaban J connectivity index is 1.51. The number of carbonyl (C=O) groups excluding carboxylic acids is 3. The third kappa shape index (κ3) is 4.15. The van der Waals surface area contributed by atoms with Crippen molar-refractivity contribution in [1.82, 2.24) is 10.2 Å². The van der Waals surface area contributed by atoms with Gasteiger partial charge in [0.25, 0.3) is 17.5 Å². The van der Waals surface area contributed by atoms with Gasteiger partial charge in [-0.25, -0.2) is 4.79 Å². The summed E-state index contributed by atoms with van der Waals surface area (Å²) in [5.74, 6) is -1.17. The fourth-order valence-corrected chi connectivity index (χ4v) is 2.95. The van der Waals surface area contributed by atoms with Crippen molar-refractivity contribution in [3.05, 3.63) is 63.2 Å². The molecule has 150 valence electrons. The molecule has 0 saturated heterocycles. The molecule has 10 heteroatoms. The summed E-state index contributed by atoms with van der Waals surface area (Å²) in [6.45, 7) is 2.03. The number of amides is 4. The van der Waals surface area contributed by atoms with E-state index < -0.39 is 22.8 Å². The molecule has 0 aromatic heterocycles. The number of hydrogen-bond donors (Lipinski definition) is 3. The van der Waals surface area contributed by atoms with Crippen LogP contribution >= 0.6 is 0 Å². The molecule has 0 atom stereocenters. The zero-order valence-electron chi connectivity index (χ0n) is 15.5. The van der Waals surface area contributed by atoms with Gasteiger partial charge in [0.1, 0.15) is 5.75 Å². The number of rotatable bonds is 6. The first-order valence-electron chi connectivity index (χ1n) is 8.77. The van der Waals surface area contributed by atoms with Crippen LogP contribution in [0.15, 0.2) is 36.4 Å². The quantitative estimate of drug-likeness (QED) is 0.224. The smallest absolute Gasteiger partial charge is 0.319 e. The standard InChI is InChI=1S/C19H18N4O6/c1-11-3-6-15(16(24)9-11)21-19(27)20-7-2-8-22-17(25)13-5-4-12(23(28)29)10-14(13)18(22)26/h3-6,9-10,24H,2,7-8H2,1H3,(H2,20,21,27). The Morgan fingerprint density at radius 3 is 2.55 bits per heavy atom. The van der Waals surface area contributed by atoms with Gasteiger partial charge >= 0.3 is 6.03 Å². The Kier molecular flexibility index (Phi) is 5.44. The third-order valence-corrected chi connectivity index (χ3v) is 4.41. The summed E-state index contributed by atoms with van der Waals surface area (Å²) in [6.07, 6.45) is 0.293. The lowest BCUT2D eigenvalue weighted by molar-refractivity contribution is -0.384. The first-order valence-corrected chi connectivity index (χ1v) is 8.77. The number of nitrogens with one attached hydrogen (secondary N) is 2. The number of nitrogens with zero attached hydrogens (tertiary/aromatic N) is 2. The molecular weight excluding hydrogens is 380 g/mol. The highest BCUT2D eigenvalue weighted by atomic mass is 16.6. The van der Waals surface area contributed by atoms with Crippen LogP contribution in [0.4, 0.5) is 16.2 Å². The van der Waals surface area contributed by atoms with E-state index in [4.69, 9.17) is 0 Å². The molecule has 1 aliphatic heterocycles. The lowest BCUT2D eigenvalue weighted by Crippen LogP contribution is -2.35. The Labute approximate surface area is 165 Å². The number of urea groups is 1. The molecule has 1 heterocycles. The maximum Gasteiger partial charge on any atom is 0.319 e. The number of aryl methyl sites for hydroxylation is 1. The van der Waals surface area contributed by atoms with Gasteiger partial charge in [0.2, 0.25) is 0 Å². The number of nitro groups is 1. The maximum absolute atomic E-state index is 12.4. The second kappa shape index (κ2) is 7.97. The van der Waals surface area contributed by atoms with Crippen LogP contribution in [0.3, 0.4) is 0 Å². The molecule has 2 aromatic carbocycles. The van der Waals surface area contributed by atoms with Gasteiger partial charge in [-0.1, -0.05) is 6.07 Å². The van der Waals surface area contributed by atoms with Gasteiger partial charge in [0, 0.05) is 25.2 Å². The summed E-state index contributed by atoms with van der Waals surface area (Å²) in [6, 6.07) is 7.83. The van der Waals surface area contributed by atoms with Crippen molar-refractivity contribution in [2.24, 2.45) is 0 Å². The second-order valence-corrected chi connectivity index (χ2v) is 6.50. The van der Waals surface area contributed by atoms with Crippen molar-refractivity contribution >= 4 is 29.2 Å². The maximum atomic E-state index is 12.4. The van der Waals surface area contributed by atoms with Crippen LogP contribution in [0.2, 0.25) is 0 Å². The van der Waals surface area contributed by atoms with Crippen molar-refractivity contribution in [3.8, 4) is 5.75 Å². The molecular formula is C19H18N4O6. The minimum atomic E-state index is -0.630. The fraction of sp³-hybridized carbons (Fsp3) is 0.211. The van der Waals surface area contributed by atoms with Crippen LogP contribution in [0, 0.1) is 17.0 Å². The molecule has 4 amide bonds. The summed E-state index contributed by atoms with van der Waals surface area (Å²) in [5.41, 5.74) is 0.977. The van der Waals surface area contributed by atoms with Crippen LogP contribution in [0.25, 0.3) is 0 Å². The first kappa shape index (κ1) is 19.8. The zero-order valence-corrected chi connectivity index (χ0v) is 15.5. The van der Waals surface area contributed by atoms with Gasteiger partial charge in [0.05, 0.1) is 21.7 Å². The summed E-state index contributed by atoms with van der Waals surface area (Å²) >= 11 is 0. The van der Waals surface area contributed by atoms with Gasteiger partial charge in [-0.3, -0.25) is 24.6 Å². The van der Waals surface area contributed by atoms with Crippen molar-refractivity contribution in [3.63, 3.8) is 0 Å². The zero-order chi connectivity index (χ0) is 21.1. The number of hydrogen-bond acceptors (Lipinski definition) is 6. The van der Waals surface area contributed by atoms with Gasteiger partial charge in [0.15, 0.2) is 0 Å². The minimum Gasteiger partial charge on any atom is -0.506 e. The number of non-ortho nitro benzene ring substituents is 1. The van der Waals surface area contributed by atoms with E-state index in [9.17, 15) is 29.6 Å². The van der Waals surface area contributed by atoms with Gasteiger partial charge in [-0.2, -0.15) is 0 Å². The highest BCUT2D eigenvalue weighted by molar-refractivity contribution is 6.21. The van der Waals surface area contributed by atoms with Gasteiger partial charge in [-0.15, -0.1) is 0 Å². The molecule has 0 radical (unpaired) electrons. The normalized spacial score (nSPS) is 12.7. The fourth-order valence-electron chi connectivity index (χ4n) is 2.95. The number of fused-ring (bicyclic) bond motifs is 1. The molecule has 3 rings (SSSR count). The van der Waals surface area contributed by atoms with Crippen molar-refractivity contribution in [2.45, 2.75) is 13.3 Å². The molecule has 0 bridgehead atoms. The molecule has 0 aliphatic carbocycles. The van der Waals surface area contributed by atoms with E-state index in [2.05, 4.69) is 10.6 Å². The average Bonchev–Trinajstić information content (AvgIpc) is 2.91. The van der Waals surface area contributed by atoms with E-state index in [0.717, 1.165) is 16.5 Å². The summed E-state index contributed by atoms with van der Waals surface area (Å²) in [5, 5.41) is 25.7. The van der Waals surface area contributed by atoms with E-state index >= 15 is 0 Å². The molecule has 0 saturated carbocycles. The summed E-state index contributed by atoms with van der Waals surface area (Å²) in [4.78, 5) is 47.8. The molecule has 0 spiro atoms. The highest BCUT2D eigenvalue weighted by Gasteiger charge is 2.36. The van der Waals surface area contributed by atoms with E-state index in [1.807, 2.05) is 0 Å². The predicted octanol–water partition coefficient (Wildman–Crippen LogP) is 2.42. The molecule has 1 aliphatic rings. The number of imide groups is 1. The van der Waals surface area contributed by atoms with Crippen LogP contribution in [-0.4, -0.2) is 45.9 Å². The van der Waals surface area contributed by atoms with E-state index in [1.54, 1.807) is 19.1 Å². The van der Waals surface area contributed by atoms with E-state index in [0.29, 0.717) is 6.42 Å². The van der Waals surface area contributed by atoms with Gasteiger partial charge in [-0.05, 0) is 37.1 Å². The summed E-state index contributed by atoms with van der Waals surface area (Å²) in [7, 11) is 0. The molecule has 0 unspecified atom stereocenters. The minimum absolute atomic E-state index is 0.00440. The lowest BCUT2D eigenvalue weighted by Gasteiger charge is -2.14. The van der Waals surface area contributed by atoms with Crippen LogP contribution in [0.5, 0.6) is 5.75 Å². The van der Waals surface area contributed by atoms with Crippen LogP contribution in [0.1, 0.15) is 32.7 Å². The Morgan fingerprint density at radius 2 is 1.86 bits per heavy atom. The Hall–Kier alpha value is -3.95. The average molecular weight is 398 g/mol.